The highest BCUT2D eigenvalue weighted by atomic mass is 35.5. The monoisotopic (exact) mass is 274 g/mol. The summed E-state index contributed by atoms with van der Waals surface area (Å²) in [5.74, 6) is 0. The Bertz CT molecular complexity index is 677. The Labute approximate surface area is 116 Å². The van der Waals surface area contributed by atoms with Crippen molar-refractivity contribution in [2.45, 2.75) is 38.1 Å². The Morgan fingerprint density at radius 1 is 1.37 bits per heavy atom. The van der Waals surface area contributed by atoms with Crippen LogP contribution in [0.2, 0.25) is 5.02 Å². The van der Waals surface area contributed by atoms with Gasteiger partial charge in [-0.1, -0.05) is 24.4 Å². The maximum atomic E-state index is 10.8. The van der Waals surface area contributed by atoms with Gasteiger partial charge < -0.3 is 4.98 Å². The van der Waals surface area contributed by atoms with Crippen molar-refractivity contribution in [2.75, 3.05) is 0 Å². The molecule has 0 amide bonds. The van der Waals surface area contributed by atoms with Crippen LogP contribution < -0.4 is 0 Å². The second-order valence-corrected chi connectivity index (χ2v) is 5.70. The molecule has 2 aromatic rings. The number of carbonyl (C=O) groups excluding carboxylic acids is 1. The molecule has 0 radical (unpaired) electrons. The molecule has 19 heavy (non-hydrogen) atoms. The summed E-state index contributed by atoms with van der Waals surface area (Å²) in [7, 11) is 0. The minimum atomic E-state index is -0.413. The second kappa shape index (κ2) is 4.52. The molecule has 0 aliphatic heterocycles. The molecule has 3 nitrogen and oxygen atoms in total. The van der Waals surface area contributed by atoms with Gasteiger partial charge in [-0.05, 0) is 43.0 Å². The lowest BCUT2D eigenvalue weighted by Crippen LogP contribution is -2.18. The number of aliphatic imine (C=N–C) groups is 1. The van der Waals surface area contributed by atoms with Crippen molar-refractivity contribution >= 4 is 28.6 Å². The average molecular weight is 275 g/mol. The van der Waals surface area contributed by atoms with Crippen molar-refractivity contribution in [3.63, 3.8) is 0 Å². The fourth-order valence-corrected chi connectivity index (χ4v) is 3.38. The highest BCUT2D eigenvalue weighted by Crippen LogP contribution is 2.44. The van der Waals surface area contributed by atoms with Gasteiger partial charge in [0.2, 0.25) is 6.08 Å². The molecule has 0 spiro atoms. The largest absolute Gasteiger partial charge is 0.360 e. The van der Waals surface area contributed by atoms with Crippen LogP contribution in [0.15, 0.2) is 23.3 Å². The van der Waals surface area contributed by atoms with Crippen molar-refractivity contribution in [1.29, 1.82) is 0 Å². The van der Waals surface area contributed by atoms with Crippen LogP contribution in [0, 0.1) is 6.92 Å². The van der Waals surface area contributed by atoms with E-state index in [0.717, 1.165) is 47.7 Å². The third-order valence-electron chi connectivity index (χ3n) is 4.18. The molecule has 1 fully saturated rings. The molecule has 0 unspecified atom stereocenters. The van der Waals surface area contributed by atoms with Gasteiger partial charge in [-0.2, -0.15) is 4.99 Å². The zero-order valence-corrected chi connectivity index (χ0v) is 11.5. The molecule has 1 aliphatic carbocycles. The van der Waals surface area contributed by atoms with Crippen LogP contribution in [0.1, 0.15) is 36.8 Å². The third-order valence-corrected chi connectivity index (χ3v) is 4.47. The van der Waals surface area contributed by atoms with E-state index in [4.69, 9.17) is 11.6 Å². The van der Waals surface area contributed by atoms with E-state index in [1.54, 1.807) is 6.08 Å². The van der Waals surface area contributed by atoms with Crippen molar-refractivity contribution < 1.29 is 4.79 Å². The number of nitrogens with one attached hydrogen (secondary N) is 1. The van der Waals surface area contributed by atoms with Gasteiger partial charge in [0, 0.05) is 11.6 Å². The highest BCUT2D eigenvalue weighted by Gasteiger charge is 2.36. The van der Waals surface area contributed by atoms with Gasteiger partial charge >= 0.3 is 0 Å². The number of aromatic amines is 1. The normalized spacial score (nSPS) is 17.6. The van der Waals surface area contributed by atoms with Gasteiger partial charge in [0.15, 0.2) is 0 Å². The third kappa shape index (κ3) is 1.90. The van der Waals surface area contributed by atoms with E-state index in [2.05, 4.69) is 16.0 Å². The van der Waals surface area contributed by atoms with Crippen LogP contribution in [-0.2, 0) is 10.3 Å². The predicted octanol–water partition coefficient (Wildman–Crippen LogP) is 4.23. The first-order valence-electron chi connectivity index (χ1n) is 6.53. The summed E-state index contributed by atoms with van der Waals surface area (Å²) in [4.78, 5) is 18.1. The van der Waals surface area contributed by atoms with Crippen molar-refractivity contribution in [2.24, 2.45) is 4.99 Å². The molecule has 98 valence electrons. The smallest absolute Gasteiger partial charge is 0.235 e. The lowest BCUT2D eigenvalue weighted by molar-refractivity contribution is 0.456. The van der Waals surface area contributed by atoms with Gasteiger partial charge in [0.05, 0.1) is 16.1 Å². The van der Waals surface area contributed by atoms with Crippen LogP contribution in [0.25, 0.3) is 10.9 Å². The van der Waals surface area contributed by atoms with Gasteiger partial charge in [-0.3, -0.25) is 0 Å². The fraction of sp³-hybridized carbons (Fsp3) is 0.400. The molecule has 1 heterocycles. The highest BCUT2D eigenvalue weighted by molar-refractivity contribution is 6.35. The molecular formula is C15H15ClN2O. The quantitative estimate of drug-likeness (QED) is 0.646. The number of rotatable bonds is 2. The standard InChI is InChI=1S/C15H15ClN2O/c1-10-8-17-14-12(10)6-11(7-13(14)16)15(18-9-19)4-2-3-5-15/h6-8,17H,2-5H2,1H3. The SMILES string of the molecule is Cc1c[nH]c2c(Cl)cc(C3(N=C=O)CCCC3)cc12. The van der Waals surface area contributed by atoms with E-state index < -0.39 is 5.54 Å². The predicted molar refractivity (Wildman–Crippen MR) is 76.3 cm³/mol. The summed E-state index contributed by atoms with van der Waals surface area (Å²) in [6.07, 6.45) is 7.67. The number of isocyanates is 1. The topological polar surface area (TPSA) is 45.2 Å². The summed E-state index contributed by atoms with van der Waals surface area (Å²) in [5, 5.41) is 1.79. The Kier molecular flexibility index (Phi) is 2.96. The molecular weight excluding hydrogens is 260 g/mol. The second-order valence-electron chi connectivity index (χ2n) is 5.29. The molecule has 0 atom stereocenters. The maximum Gasteiger partial charge on any atom is 0.235 e. The van der Waals surface area contributed by atoms with E-state index in [-0.39, 0.29) is 0 Å². The summed E-state index contributed by atoms with van der Waals surface area (Å²) >= 11 is 6.34. The number of fused-ring (bicyclic) bond motifs is 1. The molecule has 1 saturated carbocycles. The van der Waals surface area contributed by atoms with Crippen LogP contribution in [0.5, 0.6) is 0 Å². The van der Waals surface area contributed by atoms with Crippen molar-refractivity contribution in [3.05, 3.63) is 34.5 Å². The number of hydrogen-bond acceptors (Lipinski definition) is 2. The summed E-state index contributed by atoms with van der Waals surface area (Å²) in [6.45, 7) is 2.04. The zero-order valence-electron chi connectivity index (χ0n) is 10.8. The van der Waals surface area contributed by atoms with Crippen LogP contribution in [-0.4, -0.2) is 11.1 Å². The lowest BCUT2D eigenvalue weighted by Gasteiger charge is -2.23. The molecule has 1 aromatic heterocycles. The maximum absolute atomic E-state index is 10.8. The van der Waals surface area contributed by atoms with Crippen LogP contribution >= 0.6 is 11.6 Å². The Morgan fingerprint density at radius 2 is 2.11 bits per heavy atom. The first-order chi connectivity index (χ1) is 9.16. The zero-order chi connectivity index (χ0) is 13.5. The van der Waals surface area contributed by atoms with E-state index in [1.807, 2.05) is 19.2 Å². The number of hydrogen-bond donors (Lipinski definition) is 1. The van der Waals surface area contributed by atoms with Gasteiger partial charge in [-0.25, -0.2) is 4.79 Å². The summed E-state index contributed by atoms with van der Waals surface area (Å²) in [5.41, 5.74) is 2.73. The van der Waals surface area contributed by atoms with Gasteiger partial charge in [-0.15, -0.1) is 0 Å². The van der Waals surface area contributed by atoms with Crippen LogP contribution in [0.4, 0.5) is 0 Å². The number of aromatic nitrogens is 1. The Morgan fingerprint density at radius 3 is 2.79 bits per heavy atom. The first kappa shape index (κ1) is 12.5. The number of benzene rings is 1. The molecule has 4 heteroatoms. The molecule has 1 N–H and O–H groups in total. The Hall–Kier alpha value is -1.57. The van der Waals surface area contributed by atoms with Gasteiger partial charge in [0.25, 0.3) is 0 Å². The molecule has 1 aliphatic rings. The van der Waals surface area contributed by atoms with E-state index in [0.29, 0.717) is 5.02 Å². The number of H-pyrrole nitrogens is 1. The molecule has 0 saturated heterocycles. The van der Waals surface area contributed by atoms with Crippen LogP contribution in [0.3, 0.4) is 0 Å². The van der Waals surface area contributed by atoms with E-state index in [1.165, 1.54) is 0 Å². The molecule has 1 aromatic carbocycles. The van der Waals surface area contributed by atoms with E-state index in [9.17, 15) is 4.79 Å². The van der Waals surface area contributed by atoms with E-state index >= 15 is 0 Å². The molecule has 3 rings (SSSR count). The molecule has 0 bridgehead atoms. The minimum absolute atomic E-state index is 0.413. The summed E-state index contributed by atoms with van der Waals surface area (Å²) < 4.78 is 0. The number of nitrogens with zero attached hydrogens (tertiary/aromatic N) is 1. The number of halogens is 1. The number of aryl methyl sites for hydroxylation is 1. The minimum Gasteiger partial charge on any atom is -0.360 e. The van der Waals surface area contributed by atoms with Crippen molar-refractivity contribution in [3.8, 4) is 0 Å². The van der Waals surface area contributed by atoms with Crippen molar-refractivity contribution in [1.82, 2.24) is 4.98 Å². The lowest BCUT2D eigenvalue weighted by atomic mass is 9.88. The summed E-state index contributed by atoms with van der Waals surface area (Å²) in [6, 6.07) is 4.05. The van der Waals surface area contributed by atoms with Gasteiger partial charge in [0.1, 0.15) is 0 Å². The first-order valence-corrected chi connectivity index (χ1v) is 6.91. The fourth-order valence-electron chi connectivity index (χ4n) is 3.10. The average Bonchev–Trinajstić information content (AvgIpc) is 2.99. The Balaban J connectivity index is 2.24.